The number of piperazine rings is 1. The van der Waals surface area contributed by atoms with E-state index in [2.05, 4.69) is 16.3 Å². The smallest absolute Gasteiger partial charge is 0.239 e. The zero-order chi connectivity index (χ0) is 15.7. The minimum absolute atomic E-state index is 0.0862. The van der Waals surface area contributed by atoms with Gasteiger partial charge in [-0.3, -0.25) is 14.5 Å². The summed E-state index contributed by atoms with van der Waals surface area (Å²) in [5.41, 5.74) is 1.37. The standard InChI is InChI=1S/C16H23N3O2S/c1-12(19-5-3-15-14(11-19)4-10-22-15)16(21)18-8-6-17(7-9-18)13(2)20/h4,10,12H,3,5-9,11H2,1-2H3/t12-/m0/s1. The first-order valence-corrected chi connectivity index (χ1v) is 8.78. The Morgan fingerprint density at radius 1 is 1.14 bits per heavy atom. The maximum Gasteiger partial charge on any atom is 0.239 e. The van der Waals surface area contributed by atoms with Crippen molar-refractivity contribution < 1.29 is 9.59 Å². The summed E-state index contributed by atoms with van der Waals surface area (Å²) in [6, 6.07) is 2.09. The molecular weight excluding hydrogens is 298 g/mol. The Morgan fingerprint density at radius 3 is 2.50 bits per heavy atom. The highest BCUT2D eigenvalue weighted by Crippen LogP contribution is 2.25. The molecular formula is C16H23N3O2S. The van der Waals surface area contributed by atoms with Crippen LogP contribution in [-0.2, 0) is 22.6 Å². The summed E-state index contributed by atoms with van der Waals surface area (Å²) in [4.78, 5) is 31.5. The Balaban J connectivity index is 1.58. The molecule has 0 spiro atoms. The van der Waals surface area contributed by atoms with Gasteiger partial charge < -0.3 is 9.80 Å². The van der Waals surface area contributed by atoms with Gasteiger partial charge in [-0.25, -0.2) is 0 Å². The van der Waals surface area contributed by atoms with Crippen LogP contribution in [0.5, 0.6) is 0 Å². The van der Waals surface area contributed by atoms with Gasteiger partial charge in [0.25, 0.3) is 0 Å². The molecule has 1 saturated heterocycles. The largest absolute Gasteiger partial charge is 0.339 e. The van der Waals surface area contributed by atoms with E-state index >= 15 is 0 Å². The van der Waals surface area contributed by atoms with Gasteiger partial charge in [-0.15, -0.1) is 11.3 Å². The van der Waals surface area contributed by atoms with Gasteiger partial charge in [-0.1, -0.05) is 0 Å². The molecule has 6 heteroatoms. The van der Waals surface area contributed by atoms with Crippen molar-refractivity contribution in [1.29, 1.82) is 0 Å². The maximum absolute atomic E-state index is 12.7. The van der Waals surface area contributed by atoms with E-state index in [1.54, 1.807) is 6.92 Å². The van der Waals surface area contributed by atoms with Crippen LogP contribution in [0.2, 0.25) is 0 Å². The number of thiophene rings is 1. The Labute approximate surface area is 135 Å². The average molecular weight is 321 g/mol. The number of hydrogen-bond acceptors (Lipinski definition) is 4. The molecule has 0 saturated carbocycles. The van der Waals surface area contributed by atoms with E-state index in [4.69, 9.17) is 0 Å². The highest BCUT2D eigenvalue weighted by Gasteiger charge is 2.30. The summed E-state index contributed by atoms with van der Waals surface area (Å²) >= 11 is 1.82. The monoisotopic (exact) mass is 321 g/mol. The molecule has 0 bridgehead atoms. The third-order valence-electron chi connectivity index (χ3n) is 4.78. The van der Waals surface area contributed by atoms with Gasteiger partial charge >= 0.3 is 0 Å². The van der Waals surface area contributed by atoms with Crippen LogP contribution in [0.3, 0.4) is 0 Å². The number of fused-ring (bicyclic) bond motifs is 1. The first kappa shape index (κ1) is 15.5. The Morgan fingerprint density at radius 2 is 1.82 bits per heavy atom. The van der Waals surface area contributed by atoms with E-state index in [0.29, 0.717) is 26.2 Å². The lowest BCUT2D eigenvalue weighted by Gasteiger charge is -2.38. The minimum atomic E-state index is -0.0862. The lowest BCUT2D eigenvalue weighted by Crippen LogP contribution is -2.55. The van der Waals surface area contributed by atoms with Crippen molar-refractivity contribution in [3.63, 3.8) is 0 Å². The van der Waals surface area contributed by atoms with Crippen LogP contribution in [0.25, 0.3) is 0 Å². The molecule has 5 nitrogen and oxygen atoms in total. The normalized spacial score (nSPS) is 20.6. The molecule has 0 aliphatic carbocycles. The van der Waals surface area contributed by atoms with Gasteiger partial charge in [0.15, 0.2) is 0 Å². The summed E-state index contributed by atoms with van der Waals surface area (Å²) in [5.74, 6) is 0.294. The maximum atomic E-state index is 12.7. The van der Waals surface area contributed by atoms with E-state index in [0.717, 1.165) is 19.5 Å². The van der Waals surface area contributed by atoms with Crippen LogP contribution >= 0.6 is 11.3 Å². The summed E-state index contributed by atoms with van der Waals surface area (Å²) in [6.45, 7) is 8.04. The molecule has 1 atom stereocenters. The van der Waals surface area contributed by atoms with E-state index in [-0.39, 0.29) is 17.9 Å². The van der Waals surface area contributed by atoms with Crippen molar-refractivity contribution in [2.75, 3.05) is 32.7 Å². The van der Waals surface area contributed by atoms with Crippen LogP contribution in [0.15, 0.2) is 11.4 Å². The van der Waals surface area contributed by atoms with E-state index in [1.807, 2.05) is 28.1 Å². The van der Waals surface area contributed by atoms with Crippen molar-refractivity contribution in [1.82, 2.24) is 14.7 Å². The molecule has 1 fully saturated rings. The number of carbonyl (C=O) groups is 2. The topological polar surface area (TPSA) is 43.9 Å². The highest BCUT2D eigenvalue weighted by atomic mass is 32.1. The predicted octanol–water partition coefficient (Wildman–Crippen LogP) is 1.19. The quantitative estimate of drug-likeness (QED) is 0.822. The summed E-state index contributed by atoms with van der Waals surface area (Å²) in [5, 5.41) is 2.14. The highest BCUT2D eigenvalue weighted by molar-refractivity contribution is 7.10. The van der Waals surface area contributed by atoms with Crippen LogP contribution in [0, 0.1) is 0 Å². The van der Waals surface area contributed by atoms with Gasteiger partial charge in [0.05, 0.1) is 6.04 Å². The fraction of sp³-hybridized carbons (Fsp3) is 0.625. The average Bonchev–Trinajstić information content (AvgIpc) is 3.01. The fourth-order valence-electron chi connectivity index (χ4n) is 3.26. The number of rotatable bonds is 2. The molecule has 1 aromatic rings. The van der Waals surface area contributed by atoms with Crippen LogP contribution in [0.4, 0.5) is 0 Å². The molecule has 1 aromatic heterocycles. The predicted molar refractivity (Wildman–Crippen MR) is 86.7 cm³/mol. The molecule has 0 radical (unpaired) electrons. The molecule has 0 unspecified atom stereocenters. The molecule has 22 heavy (non-hydrogen) atoms. The third-order valence-corrected chi connectivity index (χ3v) is 5.80. The number of carbonyl (C=O) groups excluding carboxylic acids is 2. The molecule has 2 aliphatic rings. The summed E-state index contributed by atoms with van der Waals surface area (Å²) in [7, 11) is 0. The number of hydrogen-bond donors (Lipinski definition) is 0. The SMILES string of the molecule is CC(=O)N1CCN(C(=O)[C@H](C)N2CCc3sccc3C2)CC1. The van der Waals surface area contributed by atoms with Gasteiger partial charge in [0.2, 0.25) is 11.8 Å². The Bertz CT molecular complexity index is 563. The molecule has 3 heterocycles. The van der Waals surface area contributed by atoms with Gasteiger partial charge in [-0.05, 0) is 30.4 Å². The molecule has 0 aromatic carbocycles. The van der Waals surface area contributed by atoms with E-state index < -0.39 is 0 Å². The van der Waals surface area contributed by atoms with E-state index in [1.165, 1.54) is 10.4 Å². The second-order valence-electron chi connectivity index (χ2n) is 6.10. The zero-order valence-corrected chi connectivity index (χ0v) is 14.1. The van der Waals surface area contributed by atoms with Crippen LogP contribution in [0.1, 0.15) is 24.3 Å². The third kappa shape index (κ3) is 3.03. The van der Waals surface area contributed by atoms with Crippen LogP contribution < -0.4 is 0 Å². The van der Waals surface area contributed by atoms with Crippen LogP contribution in [-0.4, -0.2) is 65.3 Å². The molecule has 2 amide bonds. The fourth-order valence-corrected chi connectivity index (χ4v) is 4.15. The zero-order valence-electron chi connectivity index (χ0n) is 13.2. The van der Waals surface area contributed by atoms with Crippen molar-refractivity contribution >= 4 is 23.2 Å². The van der Waals surface area contributed by atoms with Gasteiger partial charge in [0, 0.05) is 51.1 Å². The van der Waals surface area contributed by atoms with Crippen molar-refractivity contribution in [2.24, 2.45) is 0 Å². The second kappa shape index (κ2) is 6.38. The first-order valence-electron chi connectivity index (χ1n) is 7.90. The molecule has 0 N–H and O–H groups in total. The number of amides is 2. The Kier molecular flexibility index (Phi) is 4.49. The van der Waals surface area contributed by atoms with E-state index in [9.17, 15) is 9.59 Å². The van der Waals surface area contributed by atoms with Crippen molar-refractivity contribution in [2.45, 2.75) is 32.9 Å². The number of nitrogens with zero attached hydrogens (tertiary/aromatic N) is 3. The summed E-state index contributed by atoms with van der Waals surface area (Å²) in [6.07, 6.45) is 1.04. The van der Waals surface area contributed by atoms with Crippen molar-refractivity contribution in [3.05, 3.63) is 21.9 Å². The molecule has 3 rings (SSSR count). The lowest BCUT2D eigenvalue weighted by atomic mass is 10.1. The van der Waals surface area contributed by atoms with Crippen molar-refractivity contribution in [3.8, 4) is 0 Å². The van der Waals surface area contributed by atoms with Gasteiger partial charge in [-0.2, -0.15) is 0 Å². The molecule has 120 valence electrons. The molecule has 2 aliphatic heterocycles. The second-order valence-corrected chi connectivity index (χ2v) is 7.10. The lowest BCUT2D eigenvalue weighted by molar-refractivity contribution is -0.142. The summed E-state index contributed by atoms with van der Waals surface area (Å²) < 4.78 is 0. The first-order chi connectivity index (χ1) is 10.6. The Hall–Kier alpha value is -1.40. The van der Waals surface area contributed by atoms with Gasteiger partial charge in [0.1, 0.15) is 0 Å². The minimum Gasteiger partial charge on any atom is -0.339 e.